The Morgan fingerprint density at radius 2 is 1.53 bits per heavy atom. The van der Waals surface area contributed by atoms with E-state index in [0.29, 0.717) is 0 Å². The van der Waals surface area contributed by atoms with Crippen LogP contribution in [0.4, 0.5) is 0 Å². The summed E-state index contributed by atoms with van der Waals surface area (Å²) in [4.78, 5) is 0. The minimum absolute atomic E-state index is 0.208. The van der Waals surface area contributed by atoms with Crippen molar-refractivity contribution in [2.45, 2.75) is 45.6 Å². The number of hydrogen-bond acceptors (Lipinski definition) is 3. The van der Waals surface area contributed by atoms with E-state index in [1.807, 2.05) is 6.07 Å². The van der Waals surface area contributed by atoms with E-state index in [0.717, 1.165) is 24.5 Å². The first-order valence-corrected chi connectivity index (χ1v) is 6.91. The van der Waals surface area contributed by atoms with Crippen LogP contribution in [0.1, 0.15) is 39.2 Å². The molecular weight excluding hydrogens is 238 g/mol. The number of methoxy groups -OCH3 is 2. The fourth-order valence-electron chi connectivity index (χ4n) is 1.93. The normalized spacial score (nSPS) is 11.4. The summed E-state index contributed by atoms with van der Waals surface area (Å²) in [5.74, 6) is 1.73. The zero-order valence-corrected chi connectivity index (χ0v) is 12.9. The van der Waals surface area contributed by atoms with Gasteiger partial charge in [0.25, 0.3) is 0 Å². The molecule has 0 bridgehead atoms. The van der Waals surface area contributed by atoms with Gasteiger partial charge in [0.1, 0.15) is 11.5 Å². The molecule has 1 aromatic carbocycles. The van der Waals surface area contributed by atoms with Crippen LogP contribution in [0.15, 0.2) is 18.2 Å². The molecule has 1 N–H and O–H groups in total. The molecule has 0 amide bonds. The Labute approximate surface area is 117 Å². The van der Waals surface area contributed by atoms with Crippen molar-refractivity contribution in [3.8, 4) is 11.5 Å². The van der Waals surface area contributed by atoms with E-state index in [9.17, 15) is 0 Å². The van der Waals surface area contributed by atoms with Crippen molar-refractivity contribution in [1.29, 1.82) is 0 Å². The monoisotopic (exact) mass is 265 g/mol. The summed E-state index contributed by atoms with van der Waals surface area (Å²) in [6, 6.07) is 6.07. The molecule has 0 radical (unpaired) electrons. The van der Waals surface area contributed by atoms with Crippen LogP contribution < -0.4 is 14.8 Å². The third kappa shape index (κ3) is 6.48. The van der Waals surface area contributed by atoms with E-state index in [1.165, 1.54) is 18.4 Å². The number of unbranched alkanes of at least 4 members (excludes halogenated alkanes) is 1. The smallest absolute Gasteiger partial charge is 0.122 e. The number of benzene rings is 1. The van der Waals surface area contributed by atoms with Gasteiger partial charge in [-0.05, 0) is 64.3 Å². The van der Waals surface area contributed by atoms with E-state index < -0.39 is 0 Å². The molecule has 108 valence electrons. The SMILES string of the molecule is COc1cc(CCCCNC(C)(C)C)cc(OC)c1. The summed E-state index contributed by atoms with van der Waals surface area (Å²) < 4.78 is 10.6. The molecule has 0 fully saturated rings. The van der Waals surface area contributed by atoms with Crippen LogP contribution in [0, 0.1) is 0 Å². The largest absolute Gasteiger partial charge is 0.497 e. The Hall–Kier alpha value is -1.22. The molecule has 0 aromatic heterocycles. The molecule has 19 heavy (non-hydrogen) atoms. The van der Waals surface area contributed by atoms with Crippen molar-refractivity contribution in [3.63, 3.8) is 0 Å². The van der Waals surface area contributed by atoms with E-state index in [-0.39, 0.29) is 5.54 Å². The summed E-state index contributed by atoms with van der Waals surface area (Å²) in [5.41, 5.74) is 1.48. The third-order valence-electron chi connectivity index (χ3n) is 2.96. The first-order valence-electron chi connectivity index (χ1n) is 6.91. The lowest BCUT2D eigenvalue weighted by atomic mass is 10.1. The predicted octanol–water partition coefficient (Wildman–Crippen LogP) is 3.41. The van der Waals surface area contributed by atoms with E-state index in [1.54, 1.807) is 14.2 Å². The summed E-state index contributed by atoms with van der Waals surface area (Å²) in [5, 5.41) is 3.50. The van der Waals surface area contributed by atoms with Crippen molar-refractivity contribution in [1.82, 2.24) is 5.32 Å². The molecule has 0 aliphatic carbocycles. The molecule has 0 saturated carbocycles. The van der Waals surface area contributed by atoms with Gasteiger partial charge in [-0.1, -0.05) is 0 Å². The molecule has 0 heterocycles. The van der Waals surface area contributed by atoms with E-state index in [2.05, 4.69) is 38.2 Å². The standard InChI is InChI=1S/C16H27NO2/c1-16(2,3)17-9-7-6-8-13-10-14(18-4)12-15(11-13)19-5/h10-12,17H,6-9H2,1-5H3. The van der Waals surface area contributed by atoms with Gasteiger partial charge in [0.2, 0.25) is 0 Å². The Morgan fingerprint density at radius 1 is 0.947 bits per heavy atom. The number of aryl methyl sites for hydroxylation is 1. The van der Waals surface area contributed by atoms with Crippen LogP contribution >= 0.6 is 0 Å². The first-order chi connectivity index (χ1) is 8.94. The molecule has 0 spiro atoms. The number of hydrogen-bond donors (Lipinski definition) is 1. The maximum absolute atomic E-state index is 5.28. The quantitative estimate of drug-likeness (QED) is 0.766. The Kier molecular flexibility index (Phi) is 6.16. The van der Waals surface area contributed by atoms with Crippen LogP contribution in [-0.4, -0.2) is 26.3 Å². The molecule has 1 aromatic rings. The summed E-state index contributed by atoms with van der Waals surface area (Å²) >= 11 is 0. The van der Waals surface area contributed by atoms with Crippen LogP contribution in [0.5, 0.6) is 11.5 Å². The fraction of sp³-hybridized carbons (Fsp3) is 0.625. The van der Waals surface area contributed by atoms with Gasteiger partial charge in [-0.15, -0.1) is 0 Å². The molecule has 0 aliphatic rings. The predicted molar refractivity (Wildman–Crippen MR) is 80.2 cm³/mol. The highest BCUT2D eigenvalue weighted by molar-refractivity contribution is 5.38. The zero-order chi connectivity index (χ0) is 14.3. The van der Waals surface area contributed by atoms with Gasteiger partial charge in [0.15, 0.2) is 0 Å². The van der Waals surface area contributed by atoms with Gasteiger partial charge in [-0.2, -0.15) is 0 Å². The van der Waals surface area contributed by atoms with E-state index in [4.69, 9.17) is 9.47 Å². The highest BCUT2D eigenvalue weighted by Gasteiger charge is 2.07. The van der Waals surface area contributed by atoms with Crippen LogP contribution in [0.25, 0.3) is 0 Å². The molecule has 3 nitrogen and oxygen atoms in total. The molecular formula is C16H27NO2. The molecule has 3 heteroatoms. The minimum atomic E-state index is 0.208. The molecule has 1 rings (SSSR count). The zero-order valence-electron chi connectivity index (χ0n) is 12.9. The lowest BCUT2D eigenvalue weighted by Gasteiger charge is -2.20. The minimum Gasteiger partial charge on any atom is -0.497 e. The van der Waals surface area contributed by atoms with E-state index >= 15 is 0 Å². The molecule has 0 atom stereocenters. The van der Waals surface area contributed by atoms with Gasteiger partial charge in [0.05, 0.1) is 14.2 Å². The number of ether oxygens (including phenoxy) is 2. The van der Waals surface area contributed by atoms with Gasteiger partial charge in [-0.3, -0.25) is 0 Å². The topological polar surface area (TPSA) is 30.5 Å². The Balaban J connectivity index is 2.40. The van der Waals surface area contributed by atoms with Crippen LogP contribution in [-0.2, 0) is 6.42 Å². The average molecular weight is 265 g/mol. The van der Waals surface area contributed by atoms with Crippen molar-refractivity contribution in [3.05, 3.63) is 23.8 Å². The molecule has 0 aliphatic heterocycles. The Bertz CT molecular complexity index is 361. The van der Waals surface area contributed by atoms with Gasteiger partial charge in [-0.25, -0.2) is 0 Å². The second-order valence-electron chi connectivity index (χ2n) is 5.85. The van der Waals surface area contributed by atoms with Crippen molar-refractivity contribution >= 4 is 0 Å². The maximum atomic E-state index is 5.28. The fourth-order valence-corrected chi connectivity index (χ4v) is 1.93. The average Bonchev–Trinajstić information content (AvgIpc) is 2.36. The summed E-state index contributed by atoms with van der Waals surface area (Å²) in [6.45, 7) is 7.64. The summed E-state index contributed by atoms with van der Waals surface area (Å²) in [7, 11) is 3.37. The Morgan fingerprint density at radius 3 is 2.00 bits per heavy atom. The molecule has 0 saturated heterocycles. The maximum Gasteiger partial charge on any atom is 0.122 e. The second-order valence-corrected chi connectivity index (χ2v) is 5.85. The van der Waals surface area contributed by atoms with Gasteiger partial charge < -0.3 is 14.8 Å². The van der Waals surface area contributed by atoms with Crippen molar-refractivity contribution in [2.75, 3.05) is 20.8 Å². The third-order valence-corrected chi connectivity index (χ3v) is 2.96. The van der Waals surface area contributed by atoms with Crippen LogP contribution in [0.2, 0.25) is 0 Å². The second kappa shape index (κ2) is 7.39. The van der Waals surface area contributed by atoms with Crippen molar-refractivity contribution in [2.24, 2.45) is 0 Å². The first kappa shape index (κ1) is 15.8. The molecule has 0 unspecified atom stereocenters. The summed E-state index contributed by atoms with van der Waals surface area (Å²) in [6.07, 6.45) is 3.40. The van der Waals surface area contributed by atoms with Crippen LogP contribution in [0.3, 0.4) is 0 Å². The lowest BCUT2D eigenvalue weighted by molar-refractivity contribution is 0.393. The van der Waals surface area contributed by atoms with Crippen molar-refractivity contribution < 1.29 is 9.47 Å². The highest BCUT2D eigenvalue weighted by atomic mass is 16.5. The number of nitrogens with one attached hydrogen (secondary N) is 1. The highest BCUT2D eigenvalue weighted by Crippen LogP contribution is 2.23. The van der Waals surface area contributed by atoms with Gasteiger partial charge in [0, 0.05) is 11.6 Å². The number of rotatable bonds is 7. The van der Waals surface area contributed by atoms with Gasteiger partial charge >= 0.3 is 0 Å². The lowest BCUT2D eigenvalue weighted by Crippen LogP contribution is -2.36.